The van der Waals surface area contributed by atoms with Crippen LogP contribution in [0.25, 0.3) is 0 Å². The first kappa shape index (κ1) is 11.4. The monoisotopic (exact) mass is 225 g/mol. The lowest BCUT2D eigenvalue weighted by Crippen LogP contribution is -2.40. The van der Waals surface area contributed by atoms with E-state index in [4.69, 9.17) is 4.74 Å². The van der Waals surface area contributed by atoms with E-state index in [9.17, 15) is 9.59 Å². The third-order valence-electron chi connectivity index (χ3n) is 3.36. The van der Waals surface area contributed by atoms with Gasteiger partial charge in [-0.25, -0.2) is 4.79 Å². The van der Waals surface area contributed by atoms with Crippen LogP contribution in [-0.2, 0) is 9.53 Å². The van der Waals surface area contributed by atoms with Crippen molar-refractivity contribution in [1.82, 2.24) is 4.90 Å². The standard InChI is InChI=1S/C12H19NO3/c1-12(2,3)16-11(15)13-9-4-5-10(13)8(6-9)7-14/h7-10H,4-6H2,1-3H3/t8-,9?,10?/m1/s1. The van der Waals surface area contributed by atoms with Crippen molar-refractivity contribution in [3.05, 3.63) is 0 Å². The van der Waals surface area contributed by atoms with E-state index < -0.39 is 5.60 Å². The highest BCUT2D eigenvalue weighted by atomic mass is 16.6. The fourth-order valence-electron chi connectivity index (χ4n) is 2.78. The van der Waals surface area contributed by atoms with Crippen molar-refractivity contribution in [2.75, 3.05) is 0 Å². The summed E-state index contributed by atoms with van der Waals surface area (Å²) < 4.78 is 5.37. The average molecular weight is 225 g/mol. The van der Waals surface area contributed by atoms with Crippen LogP contribution >= 0.6 is 0 Å². The minimum Gasteiger partial charge on any atom is -0.444 e. The molecule has 2 aliphatic heterocycles. The van der Waals surface area contributed by atoms with Gasteiger partial charge in [0, 0.05) is 18.0 Å². The largest absolute Gasteiger partial charge is 0.444 e. The molecule has 2 fully saturated rings. The number of ether oxygens (including phenoxy) is 1. The fourth-order valence-corrected chi connectivity index (χ4v) is 2.78. The average Bonchev–Trinajstić information content (AvgIpc) is 2.70. The minimum absolute atomic E-state index is 0.0197. The maximum atomic E-state index is 12.0. The Hall–Kier alpha value is -1.06. The van der Waals surface area contributed by atoms with Crippen molar-refractivity contribution < 1.29 is 14.3 Å². The Morgan fingerprint density at radius 2 is 2.06 bits per heavy atom. The predicted octanol–water partition coefficient (Wildman–Crippen LogP) is 1.97. The smallest absolute Gasteiger partial charge is 0.410 e. The molecule has 2 bridgehead atoms. The van der Waals surface area contributed by atoms with E-state index in [1.807, 2.05) is 20.8 Å². The molecule has 0 N–H and O–H groups in total. The molecule has 90 valence electrons. The minimum atomic E-state index is -0.463. The predicted molar refractivity (Wildman–Crippen MR) is 59.1 cm³/mol. The van der Waals surface area contributed by atoms with Gasteiger partial charge in [-0.05, 0) is 40.0 Å². The van der Waals surface area contributed by atoms with E-state index in [0.29, 0.717) is 0 Å². The number of aldehydes is 1. The van der Waals surface area contributed by atoms with Crippen LogP contribution in [0.5, 0.6) is 0 Å². The quantitative estimate of drug-likeness (QED) is 0.641. The Bertz CT molecular complexity index is 308. The molecule has 2 unspecified atom stereocenters. The van der Waals surface area contributed by atoms with Gasteiger partial charge in [0.05, 0.1) is 0 Å². The normalized spacial score (nSPS) is 32.9. The van der Waals surface area contributed by atoms with Crippen molar-refractivity contribution in [1.29, 1.82) is 0 Å². The summed E-state index contributed by atoms with van der Waals surface area (Å²) in [6.07, 6.45) is 3.49. The van der Waals surface area contributed by atoms with Crippen LogP contribution in [0.1, 0.15) is 40.0 Å². The molecule has 2 rings (SSSR count). The third-order valence-corrected chi connectivity index (χ3v) is 3.36. The molecular weight excluding hydrogens is 206 g/mol. The van der Waals surface area contributed by atoms with Crippen LogP contribution in [0.15, 0.2) is 0 Å². The van der Waals surface area contributed by atoms with Crippen LogP contribution in [0.4, 0.5) is 4.79 Å². The van der Waals surface area contributed by atoms with Gasteiger partial charge in [0.15, 0.2) is 0 Å². The fraction of sp³-hybridized carbons (Fsp3) is 0.833. The van der Waals surface area contributed by atoms with Crippen molar-refractivity contribution in [3.63, 3.8) is 0 Å². The van der Waals surface area contributed by atoms with Gasteiger partial charge in [-0.3, -0.25) is 0 Å². The molecule has 0 aromatic heterocycles. The maximum Gasteiger partial charge on any atom is 0.410 e. The van der Waals surface area contributed by atoms with Crippen LogP contribution in [0.2, 0.25) is 0 Å². The Morgan fingerprint density at radius 3 is 2.56 bits per heavy atom. The highest BCUT2D eigenvalue weighted by Gasteiger charge is 2.49. The van der Waals surface area contributed by atoms with Gasteiger partial charge in [-0.2, -0.15) is 0 Å². The van der Waals surface area contributed by atoms with Crippen molar-refractivity contribution in [2.24, 2.45) is 5.92 Å². The van der Waals surface area contributed by atoms with Crippen LogP contribution in [-0.4, -0.2) is 35.0 Å². The van der Waals surface area contributed by atoms with E-state index in [-0.39, 0.29) is 24.1 Å². The Morgan fingerprint density at radius 1 is 1.38 bits per heavy atom. The molecule has 4 nitrogen and oxygen atoms in total. The van der Waals surface area contributed by atoms with Gasteiger partial charge >= 0.3 is 6.09 Å². The molecular formula is C12H19NO3. The number of fused-ring (bicyclic) bond motifs is 2. The number of nitrogens with zero attached hydrogens (tertiary/aromatic N) is 1. The summed E-state index contributed by atoms with van der Waals surface area (Å²) in [4.78, 5) is 24.6. The Balaban J connectivity index is 2.06. The second kappa shape index (κ2) is 3.75. The lowest BCUT2D eigenvalue weighted by atomic mass is 9.90. The molecule has 16 heavy (non-hydrogen) atoms. The van der Waals surface area contributed by atoms with Crippen LogP contribution < -0.4 is 0 Å². The van der Waals surface area contributed by atoms with Crippen molar-refractivity contribution >= 4 is 12.4 Å². The van der Waals surface area contributed by atoms with Gasteiger partial charge in [-0.15, -0.1) is 0 Å². The summed E-state index contributed by atoms with van der Waals surface area (Å²) in [7, 11) is 0. The molecule has 2 aliphatic rings. The van der Waals surface area contributed by atoms with Gasteiger partial charge in [0.1, 0.15) is 11.9 Å². The first-order chi connectivity index (χ1) is 7.42. The van der Waals surface area contributed by atoms with Crippen molar-refractivity contribution in [2.45, 2.75) is 57.7 Å². The molecule has 1 amide bonds. The highest BCUT2D eigenvalue weighted by molar-refractivity contribution is 5.72. The Kier molecular flexibility index (Phi) is 2.68. The summed E-state index contributed by atoms with van der Waals surface area (Å²) in [6.45, 7) is 5.58. The van der Waals surface area contributed by atoms with Gasteiger partial charge in [0.2, 0.25) is 0 Å². The molecule has 2 saturated heterocycles. The van der Waals surface area contributed by atoms with Gasteiger partial charge in [0.25, 0.3) is 0 Å². The molecule has 0 radical (unpaired) electrons. The molecule has 0 aromatic carbocycles. The number of hydrogen-bond donors (Lipinski definition) is 0. The maximum absolute atomic E-state index is 12.0. The molecule has 0 aromatic rings. The number of amides is 1. The van der Waals surface area contributed by atoms with E-state index in [2.05, 4.69) is 0 Å². The SMILES string of the molecule is CC(C)(C)OC(=O)N1C2CCC1[C@@H](C=O)C2. The number of carbonyl (C=O) groups excluding carboxylic acids is 2. The zero-order chi connectivity index (χ0) is 11.9. The van der Waals surface area contributed by atoms with E-state index in [1.54, 1.807) is 4.90 Å². The second-order valence-electron chi connectivity index (χ2n) is 5.72. The van der Waals surface area contributed by atoms with E-state index >= 15 is 0 Å². The molecule has 0 saturated carbocycles. The molecule has 4 heteroatoms. The number of carbonyl (C=O) groups is 2. The van der Waals surface area contributed by atoms with Crippen LogP contribution in [0, 0.1) is 5.92 Å². The molecule has 3 atom stereocenters. The number of rotatable bonds is 1. The molecule has 0 spiro atoms. The first-order valence-corrected chi connectivity index (χ1v) is 5.89. The lowest BCUT2D eigenvalue weighted by molar-refractivity contribution is -0.111. The zero-order valence-electron chi connectivity index (χ0n) is 10.1. The number of hydrogen-bond acceptors (Lipinski definition) is 3. The Labute approximate surface area is 95.9 Å². The lowest BCUT2D eigenvalue weighted by Gasteiger charge is -2.27. The summed E-state index contributed by atoms with van der Waals surface area (Å²) in [5.41, 5.74) is -0.463. The third kappa shape index (κ3) is 1.93. The topological polar surface area (TPSA) is 46.6 Å². The summed E-state index contributed by atoms with van der Waals surface area (Å²) in [5.74, 6) is 0.0197. The zero-order valence-corrected chi connectivity index (χ0v) is 10.1. The summed E-state index contributed by atoms with van der Waals surface area (Å²) >= 11 is 0. The molecule has 0 aliphatic carbocycles. The van der Waals surface area contributed by atoms with Crippen LogP contribution in [0.3, 0.4) is 0 Å². The van der Waals surface area contributed by atoms with E-state index in [1.165, 1.54) is 0 Å². The van der Waals surface area contributed by atoms with Gasteiger partial charge in [-0.1, -0.05) is 0 Å². The first-order valence-electron chi connectivity index (χ1n) is 5.89. The van der Waals surface area contributed by atoms with E-state index in [0.717, 1.165) is 25.5 Å². The second-order valence-corrected chi connectivity index (χ2v) is 5.72. The highest BCUT2D eigenvalue weighted by Crippen LogP contribution is 2.41. The van der Waals surface area contributed by atoms with Crippen molar-refractivity contribution in [3.8, 4) is 0 Å². The van der Waals surface area contributed by atoms with Gasteiger partial charge < -0.3 is 14.4 Å². The molecule has 2 heterocycles. The summed E-state index contributed by atoms with van der Waals surface area (Å²) in [6, 6.07) is 0.299. The summed E-state index contributed by atoms with van der Waals surface area (Å²) in [5, 5.41) is 0.